The minimum atomic E-state index is 0.775. The van der Waals surface area contributed by atoms with Crippen LogP contribution in [0.25, 0.3) is 0 Å². The number of aromatic nitrogens is 2. The minimum absolute atomic E-state index is 0.775. The van der Waals surface area contributed by atoms with E-state index in [4.69, 9.17) is 11.6 Å². The first-order valence-corrected chi connectivity index (χ1v) is 7.20. The van der Waals surface area contributed by atoms with Crippen molar-refractivity contribution in [2.45, 2.75) is 22.7 Å². The second kappa shape index (κ2) is 6.35. The van der Waals surface area contributed by atoms with Crippen molar-refractivity contribution >= 4 is 34.9 Å². The smallest absolute Gasteiger partial charge is 0.174 e. The molecule has 90 valence electrons. The molecule has 0 aliphatic heterocycles. The molecule has 17 heavy (non-hydrogen) atoms. The summed E-state index contributed by atoms with van der Waals surface area (Å²) >= 11 is 9.22. The summed E-state index contributed by atoms with van der Waals surface area (Å²) in [6, 6.07) is 5.93. The molecule has 0 fully saturated rings. The van der Waals surface area contributed by atoms with Crippen LogP contribution >= 0.6 is 34.9 Å². The van der Waals surface area contributed by atoms with Gasteiger partial charge in [-0.15, -0.1) is 0 Å². The minimum Gasteiger partial charge on any atom is -0.313 e. The molecule has 2 aromatic rings. The normalized spacial score (nSPS) is 10.7. The van der Waals surface area contributed by atoms with Crippen LogP contribution < -0.4 is 5.32 Å². The monoisotopic (exact) mass is 285 g/mol. The number of hydrogen-bond donors (Lipinski definition) is 1. The summed E-state index contributed by atoms with van der Waals surface area (Å²) in [5.74, 6) is 0. The summed E-state index contributed by atoms with van der Waals surface area (Å²) in [6.07, 6.45) is 1.57. The zero-order valence-corrected chi connectivity index (χ0v) is 11.7. The van der Waals surface area contributed by atoms with Gasteiger partial charge in [-0.2, -0.15) is 4.37 Å². The standard InChI is InChI=1S/C11H12ClN3S2/c1-2-13-6-8-9(12)4-3-5-10(8)16-11-14-7-15-17-11/h3-5,7,13H,2,6H2,1H3. The van der Waals surface area contributed by atoms with Crippen LogP contribution in [0.5, 0.6) is 0 Å². The number of nitrogens with zero attached hydrogens (tertiary/aromatic N) is 2. The van der Waals surface area contributed by atoms with Gasteiger partial charge >= 0.3 is 0 Å². The van der Waals surface area contributed by atoms with Gasteiger partial charge in [0, 0.05) is 16.5 Å². The highest BCUT2D eigenvalue weighted by molar-refractivity contribution is 8.01. The van der Waals surface area contributed by atoms with Crippen molar-refractivity contribution in [2.24, 2.45) is 0 Å². The van der Waals surface area contributed by atoms with Crippen LogP contribution in [-0.4, -0.2) is 15.9 Å². The fraction of sp³-hybridized carbons (Fsp3) is 0.273. The fourth-order valence-electron chi connectivity index (χ4n) is 1.36. The Hall–Kier alpha value is -0.620. The van der Waals surface area contributed by atoms with Gasteiger partial charge in [0.2, 0.25) is 0 Å². The Labute approximate surface area is 114 Å². The molecule has 0 aliphatic rings. The molecule has 2 rings (SSSR count). The molecule has 0 atom stereocenters. The van der Waals surface area contributed by atoms with E-state index in [0.717, 1.165) is 32.9 Å². The molecule has 0 amide bonds. The molecule has 0 unspecified atom stereocenters. The maximum Gasteiger partial charge on any atom is 0.174 e. The molecule has 1 heterocycles. The summed E-state index contributed by atoms with van der Waals surface area (Å²) < 4.78 is 4.93. The molecule has 0 radical (unpaired) electrons. The Kier molecular flexibility index (Phi) is 4.79. The van der Waals surface area contributed by atoms with Gasteiger partial charge in [-0.25, -0.2) is 4.98 Å². The molecule has 1 aromatic carbocycles. The van der Waals surface area contributed by atoms with Gasteiger partial charge in [0.15, 0.2) is 4.34 Å². The van der Waals surface area contributed by atoms with E-state index >= 15 is 0 Å². The zero-order valence-electron chi connectivity index (χ0n) is 9.31. The summed E-state index contributed by atoms with van der Waals surface area (Å²) in [7, 11) is 0. The van der Waals surface area contributed by atoms with Crippen LogP contribution in [0.4, 0.5) is 0 Å². The Morgan fingerprint density at radius 2 is 2.35 bits per heavy atom. The van der Waals surface area contributed by atoms with Crippen molar-refractivity contribution < 1.29 is 0 Å². The van der Waals surface area contributed by atoms with E-state index in [-0.39, 0.29) is 0 Å². The Morgan fingerprint density at radius 1 is 1.47 bits per heavy atom. The number of halogens is 1. The number of benzene rings is 1. The van der Waals surface area contributed by atoms with E-state index in [1.165, 1.54) is 11.5 Å². The third-order valence-corrected chi connectivity index (χ3v) is 4.34. The quantitative estimate of drug-likeness (QED) is 0.913. The second-order valence-corrected chi connectivity index (χ2v) is 5.78. The Morgan fingerprint density at radius 3 is 3.06 bits per heavy atom. The molecule has 0 bridgehead atoms. The molecule has 3 nitrogen and oxygen atoms in total. The average molecular weight is 286 g/mol. The molecule has 1 N–H and O–H groups in total. The van der Waals surface area contributed by atoms with Crippen LogP contribution in [-0.2, 0) is 6.54 Å². The Bertz CT molecular complexity index is 474. The number of hydrogen-bond acceptors (Lipinski definition) is 5. The van der Waals surface area contributed by atoms with Gasteiger partial charge in [0.1, 0.15) is 6.33 Å². The first kappa shape index (κ1) is 12.8. The van der Waals surface area contributed by atoms with E-state index < -0.39 is 0 Å². The van der Waals surface area contributed by atoms with Crippen LogP contribution in [0.15, 0.2) is 33.8 Å². The fourth-order valence-corrected chi connectivity index (χ4v) is 3.22. The van der Waals surface area contributed by atoms with Gasteiger partial charge in [-0.1, -0.05) is 36.4 Å². The molecule has 0 saturated heterocycles. The van der Waals surface area contributed by atoms with Gasteiger partial charge in [-0.3, -0.25) is 0 Å². The summed E-state index contributed by atoms with van der Waals surface area (Å²) in [5, 5.41) is 4.09. The highest BCUT2D eigenvalue weighted by Gasteiger charge is 2.09. The van der Waals surface area contributed by atoms with E-state index in [9.17, 15) is 0 Å². The number of nitrogens with one attached hydrogen (secondary N) is 1. The van der Waals surface area contributed by atoms with Crippen molar-refractivity contribution in [3.8, 4) is 0 Å². The summed E-state index contributed by atoms with van der Waals surface area (Å²) in [5.41, 5.74) is 1.12. The number of rotatable bonds is 5. The highest BCUT2D eigenvalue weighted by atomic mass is 35.5. The largest absolute Gasteiger partial charge is 0.313 e. The molecule has 6 heteroatoms. The predicted octanol–water partition coefficient (Wildman–Crippen LogP) is 3.45. The Balaban J connectivity index is 2.23. The molecule has 0 saturated carbocycles. The third kappa shape index (κ3) is 3.42. The van der Waals surface area contributed by atoms with Gasteiger partial charge in [0.25, 0.3) is 0 Å². The van der Waals surface area contributed by atoms with E-state index in [1.54, 1.807) is 18.1 Å². The lowest BCUT2D eigenvalue weighted by Gasteiger charge is -2.10. The topological polar surface area (TPSA) is 37.8 Å². The summed E-state index contributed by atoms with van der Waals surface area (Å²) in [6.45, 7) is 3.78. The van der Waals surface area contributed by atoms with Gasteiger partial charge in [-0.05, 0) is 35.8 Å². The molecule has 0 aliphatic carbocycles. The van der Waals surface area contributed by atoms with Crippen LogP contribution in [0.1, 0.15) is 12.5 Å². The van der Waals surface area contributed by atoms with Crippen molar-refractivity contribution in [3.05, 3.63) is 35.1 Å². The predicted molar refractivity (Wildman–Crippen MR) is 72.9 cm³/mol. The second-order valence-electron chi connectivity index (χ2n) is 3.31. The van der Waals surface area contributed by atoms with E-state index in [0.29, 0.717) is 0 Å². The zero-order chi connectivity index (χ0) is 12.1. The lowest BCUT2D eigenvalue weighted by molar-refractivity contribution is 0.718. The van der Waals surface area contributed by atoms with Crippen molar-refractivity contribution in [1.29, 1.82) is 0 Å². The SMILES string of the molecule is CCNCc1c(Cl)cccc1Sc1ncns1. The van der Waals surface area contributed by atoms with Gasteiger partial charge in [0.05, 0.1) is 0 Å². The van der Waals surface area contributed by atoms with Crippen LogP contribution in [0, 0.1) is 0 Å². The molecule has 0 spiro atoms. The lowest BCUT2D eigenvalue weighted by Crippen LogP contribution is -2.12. The van der Waals surface area contributed by atoms with E-state index in [2.05, 4.69) is 27.7 Å². The average Bonchev–Trinajstić information content (AvgIpc) is 2.81. The first-order chi connectivity index (χ1) is 8.31. The van der Waals surface area contributed by atoms with E-state index in [1.807, 2.05) is 12.1 Å². The maximum atomic E-state index is 6.22. The van der Waals surface area contributed by atoms with Crippen LogP contribution in [0.3, 0.4) is 0 Å². The molecular weight excluding hydrogens is 274 g/mol. The lowest BCUT2D eigenvalue weighted by atomic mass is 10.2. The van der Waals surface area contributed by atoms with Crippen LogP contribution in [0.2, 0.25) is 5.02 Å². The highest BCUT2D eigenvalue weighted by Crippen LogP contribution is 2.33. The summed E-state index contributed by atoms with van der Waals surface area (Å²) in [4.78, 5) is 5.30. The molecule has 1 aromatic heterocycles. The molecular formula is C11H12ClN3S2. The third-order valence-electron chi connectivity index (χ3n) is 2.17. The van der Waals surface area contributed by atoms with Crippen molar-refractivity contribution in [2.75, 3.05) is 6.54 Å². The van der Waals surface area contributed by atoms with Crippen molar-refractivity contribution in [3.63, 3.8) is 0 Å². The van der Waals surface area contributed by atoms with Gasteiger partial charge < -0.3 is 5.32 Å². The first-order valence-electron chi connectivity index (χ1n) is 5.24. The maximum absolute atomic E-state index is 6.22. The van der Waals surface area contributed by atoms with Crippen molar-refractivity contribution in [1.82, 2.24) is 14.7 Å².